The molecule has 3 nitrogen and oxygen atoms in total. The second-order valence-electron chi connectivity index (χ2n) is 5.27. The summed E-state index contributed by atoms with van der Waals surface area (Å²) in [6, 6.07) is 13.0. The summed E-state index contributed by atoms with van der Waals surface area (Å²) in [7, 11) is 1.19. The first kappa shape index (κ1) is 16.1. The number of Topliss-reactive ketones (excluding diaryl/α,β-unsaturated/α-hetero) is 1. The Balaban J connectivity index is 1.98. The molecule has 1 aliphatic heterocycles. The van der Waals surface area contributed by atoms with Crippen molar-refractivity contribution in [1.82, 2.24) is 0 Å². The number of carbonyl (C=O) groups excluding carboxylic acids is 1. The Kier molecular flexibility index (Phi) is 4.46. The van der Waals surface area contributed by atoms with Crippen molar-refractivity contribution >= 4 is 39.4 Å². The van der Waals surface area contributed by atoms with Gasteiger partial charge in [-0.2, -0.15) is 0 Å². The molecule has 1 heterocycles. The van der Waals surface area contributed by atoms with E-state index in [1.54, 1.807) is 7.11 Å². The van der Waals surface area contributed by atoms with Crippen molar-refractivity contribution in [2.24, 2.45) is 0 Å². The number of fused-ring (bicyclic) bond motifs is 1. The number of nitrogens with zero attached hydrogens (tertiary/aromatic N) is 1. The molecule has 0 N–H and O–H groups in total. The van der Waals surface area contributed by atoms with E-state index in [-0.39, 0.29) is 11.2 Å². The lowest BCUT2D eigenvalue weighted by Crippen LogP contribution is -2.36. The molecule has 0 fully saturated rings. The molecule has 2 aromatic rings. The number of likely N-dealkylation sites (N-methyl/N-ethyl adjacent to an activating group) is 1. The van der Waals surface area contributed by atoms with Crippen molar-refractivity contribution in [2.75, 3.05) is 18.6 Å². The molecule has 23 heavy (non-hydrogen) atoms. The minimum Gasteiger partial charge on any atom is -0.497 e. The Labute approximate surface area is 143 Å². The molecule has 3 rings (SSSR count). The number of hydrogen-bond acceptors (Lipinski definition) is 3. The predicted molar refractivity (Wildman–Crippen MR) is 98.6 cm³/mol. The molecular weight excluding hydrogens is 330 g/mol. The fourth-order valence-corrected chi connectivity index (χ4v) is 4.90. The molecule has 0 spiro atoms. The Bertz CT molecular complexity index is 773. The largest absolute Gasteiger partial charge is 0.497 e. The maximum atomic E-state index is 13.0. The molecule has 0 aliphatic carbocycles. The molecule has 0 radical (unpaired) electrons. The van der Waals surface area contributed by atoms with Gasteiger partial charge >= 0.3 is 0 Å². The van der Waals surface area contributed by atoms with Crippen LogP contribution in [0.3, 0.4) is 0 Å². The number of halogens is 1. The first-order valence-electron chi connectivity index (χ1n) is 7.34. The van der Waals surface area contributed by atoms with Crippen LogP contribution >= 0.6 is 22.1 Å². The lowest BCUT2D eigenvalue weighted by molar-refractivity contribution is 0.0989. The third-order valence-corrected chi connectivity index (χ3v) is 6.16. The van der Waals surface area contributed by atoms with Crippen LogP contribution in [0.5, 0.6) is 5.75 Å². The van der Waals surface area contributed by atoms with Crippen LogP contribution in [-0.4, -0.2) is 30.7 Å². The highest BCUT2D eigenvalue weighted by Crippen LogP contribution is 2.49. The number of carbonyl (C=O) groups is 1. The summed E-state index contributed by atoms with van der Waals surface area (Å²) >= 11 is 6.13. The van der Waals surface area contributed by atoms with Crippen LogP contribution in [0.25, 0.3) is 0 Å². The average Bonchev–Trinajstić information content (AvgIpc) is 2.85. The van der Waals surface area contributed by atoms with Gasteiger partial charge in [-0.25, -0.2) is 0 Å². The van der Waals surface area contributed by atoms with Gasteiger partial charge in [-0.3, -0.25) is 4.79 Å². The second-order valence-corrected chi connectivity index (χ2v) is 7.45. The van der Waals surface area contributed by atoms with Crippen molar-refractivity contribution in [3.63, 3.8) is 0 Å². The topological polar surface area (TPSA) is 29.5 Å². The highest BCUT2D eigenvalue weighted by molar-refractivity contribution is 8.15. The predicted octanol–water partition coefficient (Wildman–Crippen LogP) is 4.46. The van der Waals surface area contributed by atoms with E-state index in [4.69, 9.17) is 16.3 Å². The summed E-state index contributed by atoms with van der Waals surface area (Å²) in [5.74, 6) is 5.09. The molecule has 2 unspecified atom stereocenters. The zero-order chi connectivity index (χ0) is 16.6. The summed E-state index contributed by atoms with van der Waals surface area (Å²) < 4.78 is 5.15. The number of ketones is 1. The van der Waals surface area contributed by atoms with Gasteiger partial charge in [-0.05, 0) is 49.4 Å². The van der Waals surface area contributed by atoms with Crippen LogP contribution < -0.4 is 9.64 Å². The first-order valence-corrected chi connectivity index (χ1v) is 9.17. The summed E-state index contributed by atoms with van der Waals surface area (Å²) in [5, 5.41) is 0.401. The van der Waals surface area contributed by atoms with Crippen molar-refractivity contribution < 1.29 is 9.53 Å². The van der Waals surface area contributed by atoms with E-state index in [1.165, 1.54) is 0 Å². The van der Waals surface area contributed by atoms with Gasteiger partial charge in [0.1, 0.15) is 11.1 Å². The van der Waals surface area contributed by atoms with Crippen LogP contribution in [0.1, 0.15) is 17.3 Å². The maximum absolute atomic E-state index is 13.0. The van der Waals surface area contributed by atoms with Crippen LogP contribution in [0.4, 0.5) is 5.69 Å². The second kappa shape index (κ2) is 6.38. The Morgan fingerprint density at radius 3 is 2.61 bits per heavy atom. The van der Waals surface area contributed by atoms with Gasteiger partial charge < -0.3 is 9.64 Å². The number of methoxy groups -OCH3 is 1. The van der Waals surface area contributed by atoms with E-state index in [2.05, 4.69) is 10.8 Å². The maximum Gasteiger partial charge on any atom is 0.195 e. The molecule has 0 bridgehead atoms. The molecule has 0 amide bonds. The Hall–Kier alpha value is -1.78. The summed E-state index contributed by atoms with van der Waals surface area (Å²) in [6.07, 6.45) is 0. The highest BCUT2D eigenvalue weighted by Gasteiger charge is 2.36. The molecule has 2 atom stereocenters. The number of rotatable bonds is 4. The van der Waals surface area contributed by atoms with Crippen LogP contribution in [0.2, 0.25) is 5.02 Å². The van der Waals surface area contributed by atoms with E-state index in [9.17, 15) is 4.79 Å². The lowest BCUT2D eigenvalue weighted by Gasteiger charge is -2.25. The molecule has 2 aromatic carbocycles. The molecule has 5 heteroatoms. The first-order chi connectivity index (χ1) is 11.1. The van der Waals surface area contributed by atoms with Crippen molar-refractivity contribution in [2.45, 2.75) is 17.2 Å². The molecule has 120 valence electrons. The van der Waals surface area contributed by atoms with Gasteiger partial charge in [0.2, 0.25) is 0 Å². The smallest absolute Gasteiger partial charge is 0.195 e. The fourth-order valence-electron chi connectivity index (χ4n) is 2.84. The van der Waals surface area contributed by atoms with Gasteiger partial charge in [0.25, 0.3) is 0 Å². The van der Waals surface area contributed by atoms with E-state index >= 15 is 0 Å². The van der Waals surface area contributed by atoms with E-state index in [1.807, 2.05) is 49.4 Å². The standard InChI is InChI=1S/C18H18ClNO2S/c1-4-20-15-11-13(19)7-10-16(15)23(3)18(20)17(21)12-5-8-14(22-2)9-6-12/h5-11,18H,3-4H2,1-2H3. The summed E-state index contributed by atoms with van der Waals surface area (Å²) in [5.41, 5.74) is 1.69. The summed E-state index contributed by atoms with van der Waals surface area (Å²) in [4.78, 5) is 16.2. The number of benzene rings is 2. The normalized spacial score (nSPS) is 19.5. The van der Waals surface area contributed by atoms with Gasteiger partial charge in [-0.1, -0.05) is 17.5 Å². The van der Waals surface area contributed by atoms with Crippen molar-refractivity contribution in [3.05, 3.63) is 53.1 Å². The monoisotopic (exact) mass is 347 g/mol. The number of ether oxygens (including phenoxy) is 1. The zero-order valence-corrected chi connectivity index (χ0v) is 14.7. The lowest BCUT2D eigenvalue weighted by atomic mass is 10.1. The van der Waals surface area contributed by atoms with E-state index in [0.29, 0.717) is 10.6 Å². The molecule has 0 aromatic heterocycles. The van der Waals surface area contributed by atoms with Crippen molar-refractivity contribution in [1.29, 1.82) is 0 Å². The van der Waals surface area contributed by atoms with Crippen LogP contribution in [0, 0.1) is 0 Å². The molecule has 0 saturated heterocycles. The fraction of sp³-hybridized carbons (Fsp3) is 0.222. The Morgan fingerprint density at radius 2 is 2.00 bits per heavy atom. The Morgan fingerprint density at radius 1 is 1.30 bits per heavy atom. The summed E-state index contributed by atoms with van der Waals surface area (Å²) in [6.45, 7) is 2.78. The molecular formula is C18H18ClNO2S. The quantitative estimate of drug-likeness (QED) is 0.604. The third-order valence-electron chi connectivity index (χ3n) is 4.00. The minimum atomic E-state index is -0.425. The van der Waals surface area contributed by atoms with E-state index in [0.717, 1.165) is 22.9 Å². The molecule has 0 saturated carbocycles. The van der Waals surface area contributed by atoms with Gasteiger partial charge in [-0.15, -0.1) is 10.5 Å². The zero-order valence-electron chi connectivity index (χ0n) is 13.1. The van der Waals surface area contributed by atoms with Crippen molar-refractivity contribution in [3.8, 4) is 5.75 Å². The average molecular weight is 348 g/mol. The number of hydrogen-bond donors (Lipinski definition) is 0. The van der Waals surface area contributed by atoms with E-state index < -0.39 is 10.5 Å². The highest BCUT2D eigenvalue weighted by atomic mass is 35.5. The third kappa shape index (κ3) is 2.77. The van der Waals surface area contributed by atoms with Gasteiger partial charge in [0.15, 0.2) is 5.78 Å². The van der Waals surface area contributed by atoms with Gasteiger partial charge in [0.05, 0.1) is 12.8 Å². The van der Waals surface area contributed by atoms with Gasteiger partial charge in [0, 0.05) is 22.0 Å². The SMILES string of the molecule is C=S1c2ccc(Cl)cc2N(CC)C1C(=O)c1ccc(OC)cc1. The number of anilines is 1. The molecule has 1 aliphatic rings. The van der Waals surface area contributed by atoms with Crippen LogP contribution in [0.15, 0.2) is 47.4 Å². The van der Waals surface area contributed by atoms with Crippen LogP contribution in [-0.2, 0) is 0 Å². The minimum absolute atomic E-state index is 0.0835.